The number of halogens is 2. The lowest BCUT2D eigenvalue weighted by molar-refractivity contribution is -0.482. The maximum Gasteiger partial charge on any atom is 0.311 e. The number of nitrogens with zero attached hydrogens (tertiary/aromatic N) is 1. The largest absolute Gasteiger partial charge is 1.00 e. The molecule has 4 nitrogen and oxygen atoms in total. The van der Waals surface area contributed by atoms with Crippen molar-refractivity contribution < 1.29 is 36.2 Å². The zero-order valence-electron chi connectivity index (χ0n) is 11.6. The Bertz CT molecular complexity index is 882. The smallest absolute Gasteiger partial charge is 0.311 e. The molecule has 0 radical (unpaired) electrons. The number of carboxylic acid groups (broad SMARTS) is 1. The van der Waals surface area contributed by atoms with Crippen molar-refractivity contribution in [2.45, 2.75) is 12.8 Å². The summed E-state index contributed by atoms with van der Waals surface area (Å²) >= 11 is 0. The van der Waals surface area contributed by atoms with Crippen molar-refractivity contribution in [2.24, 2.45) is 0 Å². The molecule has 3 aromatic rings. The molecular weight excluding hydrogens is 309 g/mol. The molecule has 0 aliphatic carbocycles. The first-order valence-electron chi connectivity index (χ1n) is 6.48. The summed E-state index contributed by atoms with van der Waals surface area (Å²) in [5.41, 5.74) is 1.48. The third-order valence-corrected chi connectivity index (χ3v) is 3.67. The second-order valence-electron chi connectivity index (χ2n) is 4.94. The minimum absolute atomic E-state index is 0. The van der Waals surface area contributed by atoms with E-state index in [0.717, 1.165) is 0 Å². The van der Waals surface area contributed by atoms with Crippen LogP contribution in [0.15, 0.2) is 42.6 Å². The lowest BCUT2D eigenvalue weighted by Crippen LogP contribution is -3.00. The quantitative estimate of drug-likeness (QED) is 0.499. The van der Waals surface area contributed by atoms with Crippen LogP contribution in [-0.4, -0.2) is 16.2 Å². The Morgan fingerprint density at radius 2 is 1.95 bits per heavy atom. The SMILES string of the molecule is CC(C(=O)O)c1c(O)c2cc(F)ccc2[n+]2ccccc12.[Cl-]. The number of fused-ring (bicyclic) bond motifs is 3. The lowest BCUT2D eigenvalue weighted by atomic mass is 9.96. The fourth-order valence-corrected chi connectivity index (χ4v) is 2.60. The van der Waals surface area contributed by atoms with Crippen LogP contribution in [-0.2, 0) is 4.79 Å². The van der Waals surface area contributed by atoms with Crippen LogP contribution in [0.1, 0.15) is 18.4 Å². The molecule has 6 heteroatoms. The number of aromatic hydroxyl groups is 1. The summed E-state index contributed by atoms with van der Waals surface area (Å²) in [7, 11) is 0. The van der Waals surface area contributed by atoms with E-state index in [1.165, 1.54) is 19.1 Å². The van der Waals surface area contributed by atoms with Gasteiger partial charge in [0.05, 0.1) is 16.9 Å². The number of hydrogen-bond acceptors (Lipinski definition) is 2. The Morgan fingerprint density at radius 1 is 1.23 bits per heavy atom. The van der Waals surface area contributed by atoms with Crippen LogP contribution >= 0.6 is 0 Å². The maximum absolute atomic E-state index is 13.5. The Labute approximate surface area is 131 Å². The summed E-state index contributed by atoms with van der Waals surface area (Å²) < 4.78 is 15.2. The molecule has 0 bridgehead atoms. The van der Waals surface area contributed by atoms with Crippen LogP contribution in [0, 0.1) is 5.82 Å². The van der Waals surface area contributed by atoms with Crippen molar-refractivity contribution in [1.82, 2.24) is 0 Å². The maximum atomic E-state index is 13.5. The molecule has 0 amide bonds. The highest BCUT2D eigenvalue weighted by Gasteiger charge is 2.28. The molecule has 1 atom stereocenters. The molecule has 0 aliphatic heterocycles. The zero-order valence-corrected chi connectivity index (χ0v) is 12.4. The molecule has 0 saturated carbocycles. The average molecular weight is 322 g/mol. The van der Waals surface area contributed by atoms with E-state index in [0.29, 0.717) is 16.4 Å². The van der Waals surface area contributed by atoms with Gasteiger partial charge in [-0.05, 0) is 25.1 Å². The molecule has 0 fully saturated rings. The topological polar surface area (TPSA) is 61.6 Å². The van der Waals surface area contributed by atoms with Crippen LogP contribution in [0.2, 0.25) is 0 Å². The molecule has 3 rings (SSSR count). The first-order valence-corrected chi connectivity index (χ1v) is 6.48. The van der Waals surface area contributed by atoms with Gasteiger partial charge in [-0.2, -0.15) is 4.40 Å². The van der Waals surface area contributed by atoms with E-state index in [-0.39, 0.29) is 23.7 Å². The van der Waals surface area contributed by atoms with E-state index in [9.17, 15) is 19.4 Å². The molecular formula is C16H13ClFNO3. The predicted molar refractivity (Wildman–Crippen MR) is 74.8 cm³/mol. The van der Waals surface area contributed by atoms with Gasteiger partial charge in [-0.25, -0.2) is 4.39 Å². The summed E-state index contributed by atoms with van der Waals surface area (Å²) in [6, 6.07) is 9.37. The van der Waals surface area contributed by atoms with Gasteiger partial charge >= 0.3 is 5.97 Å². The van der Waals surface area contributed by atoms with Crippen LogP contribution in [0.5, 0.6) is 5.75 Å². The minimum Gasteiger partial charge on any atom is -1.00 e. The average Bonchev–Trinajstić information content (AvgIpc) is 2.47. The van der Waals surface area contributed by atoms with E-state index >= 15 is 0 Å². The predicted octanol–water partition coefficient (Wildman–Crippen LogP) is -0.385. The second-order valence-corrected chi connectivity index (χ2v) is 4.94. The van der Waals surface area contributed by atoms with E-state index in [4.69, 9.17) is 0 Å². The highest BCUT2D eigenvalue weighted by atomic mass is 35.5. The Kier molecular flexibility index (Phi) is 4.19. The van der Waals surface area contributed by atoms with Gasteiger partial charge in [0.25, 0.3) is 0 Å². The van der Waals surface area contributed by atoms with E-state index in [1.54, 1.807) is 34.9 Å². The van der Waals surface area contributed by atoms with E-state index < -0.39 is 17.7 Å². The van der Waals surface area contributed by atoms with Crippen molar-refractivity contribution in [3.8, 4) is 5.75 Å². The fourth-order valence-electron chi connectivity index (χ4n) is 2.60. The van der Waals surface area contributed by atoms with E-state index in [1.807, 2.05) is 0 Å². The van der Waals surface area contributed by atoms with Gasteiger partial charge in [-0.15, -0.1) is 0 Å². The number of carboxylic acids is 1. The normalized spacial score (nSPS) is 12.1. The standard InChI is InChI=1S/C16H12FNO3.ClH/c1-9(16(20)21)14-13-4-2-3-7-18(13)12-6-5-10(17)8-11(12)15(14)19;/h2-9H,1H3,(H,20,21);1H. The third-order valence-electron chi connectivity index (χ3n) is 3.67. The molecule has 2 aromatic heterocycles. The van der Waals surface area contributed by atoms with Crippen molar-refractivity contribution >= 4 is 22.4 Å². The van der Waals surface area contributed by atoms with Gasteiger partial charge in [-0.1, -0.05) is 0 Å². The number of hydrogen-bond donors (Lipinski definition) is 2. The molecule has 0 aliphatic rings. The fraction of sp³-hybridized carbons (Fsp3) is 0.125. The molecule has 1 unspecified atom stereocenters. The van der Waals surface area contributed by atoms with Crippen molar-refractivity contribution in [3.05, 3.63) is 54.0 Å². The van der Waals surface area contributed by atoms with Gasteiger partial charge < -0.3 is 22.6 Å². The van der Waals surface area contributed by atoms with Crippen LogP contribution < -0.4 is 16.8 Å². The minimum atomic E-state index is -1.05. The zero-order chi connectivity index (χ0) is 15.1. The molecule has 2 heterocycles. The second kappa shape index (κ2) is 5.77. The summed E-state index contributed by atoms with van der Waals surface area (Å²) in [5.74, 6) is -2.63. The van der Waals surface area contributed by atoms with Crippen molar-refractivity contribution in [2.75, 3.05) is 0 Å². The summed E-state index contributed by atoms with van der Waals surface area (Å²) in [6.45, 7) is 1.50. The first-order chi connectivity index (χ1) is 10.0. The summed E-state index contributed by atoms with van der Waals surface area (Å²) in [4.78, 5) is 11.3. The molecule has 1 aromatic carbocycles. The number of benzene rings is 1. The number of pyridine rings is 2. The highest BCUT2D eigenvalue weighted by molar-refractivity contribution is 5.90. The molecule has 2 N–H and O–H groups in total. The number of aliphatic carboxylic acids is 1. The van der Waals surface area contributed by atoms with Crippen LogP contribution in [0.3, 0.4) is 0 Å². The monoisotopic (exact) mass is 321 g/mol. The van der Waals surface area contributed by atoms with Gasteiger partial charge in [0.15, 0.2) is 6.20 Å². The molecule has 114 valence electrons. The highest BCUT2D eigenvalue weighted by Crippen LogP contribution is 2.34. The number of carbonyl (C=O) groups is 1. The van der Waals surface area contributed by atoms with Crippen molar-refractivity contribution in [1.29, 1.82) is 0 Å². The van der Waals surface area contributed by atoms with Gasteiger partial charge in [0.1, 0.15) is 11.6 Å². The van der Waals surface area contributed by atoms with Gasteiger partial charge in [-0.3, -0.25) is 4.79 Å². The first kappa shape index (κ1) is 16.0. The van der Waals surface area contributed by atoms with Crippen LogP contribution in [0.25, 0.3) is 16.4 Å². The molecule has 22 heavy (non-hydrogen) atoms. The van der Waals surface area contributed by atoms with Crippen molar-refractivity contribution in [3.63, 3.8) is 0 Å². The third kappa shape index (κ3) is 2.33. The van der Waals surface area contributed by atoms with Crippen LogP contribution in [0.4, 0.5) is 4.39 Å². The Hall–Kier alpha value is -2.40. The van der Waals surface area contributed by atoms with Gasteiger partial charge in [0, 0.05) is 18.2 Å². The lowest BCUT2D eigenvalue weighted by Gasteiger charge is -2.11. The molecule has 0 saturated heterocycles. The number of rotatable bonds is 2. The Morgan fingerprint density at radius 3 is 2.64 bits per heavy atom. The van der Waals surface area contributed by atoms with E-state index in [2.05, 4.69) is 0 Å². The molecule has 0 spiro atoms. The van der Waals surface area contributed by atoms with Gasteiger partial charge in [0.2, 0.25) is 11.0 Å². The Balaban J connectivity index is 0.00000176. The summed E-state index contributed by atoms with van der Waals surface area (Å²) in [6.07, 6.45) is 1.76. The number of aromatic nitrogens is 1. The summed E-state index contributed by atoms with van der Waals surface area (Å²) in [5, 5.41) is 20.0.